The number of rotatable bonds is 7. The van der Waals surface area contributed by atoms with E-state index >= 15 is 0 Å². The number of nitrogens with zero attached hydrogens (tertiary/aromatic N) is 2. The van der Waals surface area contributed by atoms with Gasteiger partial charge in [-0.3, -0.25) is 0 Å². The van der Waals surface area contributed by atoms with E-state index in [2.05, 4.69) is 48.8 Å². The molecule has 0 fully saturated rings. The SMILES string of the molecule is CCC(CC)NCc1nccn1CC(C)C. The first-order valence-electron chi connectivity index (χ1n) is 6.40. The van der Waals surface area contributed by atoms with E-state index in [1.165, 1.54) is 12.8 Å². The van der Waals surface area contributed by atoms with Crippen molar-refractivity contribution in [1.82, 2.24) is 14.9 Å². The van der Waals surface area contributed by atoms with Gasteiger partial charge in [-0.05, 0) is 18.8 Å². The Kier molecular flexibility index (Phi) is 5.53. The number of hydrogen-bond donors (Lipinski definition) is 1. The molecule has 0 saturated heterocycles. The second-order valence-corrected chi connectivity index (χ2v) is 4.78. The van der Waals surface area contributed by atoms with E-state index in [0.717, 1.165) is 18.9 Å². The lowest BCUT2D eigenvalue weighted by molar-refractivity contribution is 0.451. The molecule has 1 rings (SSSR count). The van der Waals surface area contributed by atoms with Gasteiger partial charge in [0.1, 0.15) is 5.82 Å². The van der Waals surface area contributed by atoms with Crippen molar-refractivity contribution in [3.63, 3.8) is 0 Å². The maximum Gasteiger partial charge on any atom is 0.122 e. The van der Waals surface area contributed by atoms with Gasteiger partial charge in [-0.2, -0.15) is 0 Å². The van der Waals surface area contributed by atoms with Gasteiger partial charge in [0.25, 0.3) is 0 Å². The molecule has 92 valence electrons. The van der Waals surface area contributed by atoms with E-state index < -0.39 is 0 Å². The van der Waals surface area contributed by atoms with Gasteiger partial charge in [-0.25, -0.2) is 4.98 Å². The molecular formula is C13H25N3. The van der Waals surface area contributed by atoms with Crippen LogP contribution in [-0.2, 0) is 13.1 Å². The monoisotopic (exact) mass is 223 g/mol. The summed E-state index contributed by atoms with van der Waals surface area (Å²) in [6.07, 6.45) is 6.33. The van der Waals surface area contributed by atoms with E-state index in [1.54, 1.807) is 0 Å². The molecule has 0 radical (unpaired) electrons. The molecule has 3 nitrogen and oxygen atoms in total. The highest BCUT2D eigenvalue weighted by atomic mass is 15.1. The molecule has 1 heterocycles. The molecule has 0 aliphatic rings. The molecule has 0 aromatic carbocycles. The predicted molar refractivity (Wildman–Crippen MR) is 68.3 cm³/mol. The van der Waals surface area contributed by atoms with Crippen LogP contribution in [0.4, 0.5) is 0 Å². The van der Waals surface area contributed by atoms with Gasteiger partial charge in [0, 0.05) is 25.0 Å². The highest BCUT2D eigenvalue weighted by Crippen LogP contribution is 2.05. The van der Waals surface area contributed by atoms with Crippen LogP contribution < -0.4 is 5.32 Å². The molecule has 0 bridgehead atoms. The van der Waals surface area contributed by atoms with Crippen molar-refractivity contribution in [3.05, 3.63) is 18.2 Å². The number of aromatic nitrogens is 2. The van der Waals surface area contributed by atoms with E-state index in [9.17, 15) is 0 Å². The smallest absolute Gasteiger partial charge is 0.122 e. The van der Waals surface area contributed by atoms with Gasteiger partial charge in [0.2, 0.25) is 0 Å². The Balaban J connectivity index is 2.50. The Labute approximate surface area is 99.3 Å². The minimum absolute atomic E-state index is 0.615. The van der Waals surface area contributed by atoms with Crippen molar-refractivity contribution < 1.29 is 0 Å². The summed E-state index contributed by atoms with van der Waals surface area (Å²) >= 11 is 0. The summed E-state index contributed by atoms with van der Waals surface area (Å²) in [7, 11) is 0. The summed E-state index contributed by atoms with van der Waals surface area (Å²) in [6, 6.07) is 0.615. The van der Waals surface area contributed by atoms with E-state index in [-0.39, 0.29) is 0 Å². The third kappa shape index (κ3) is 3.97. The van der Waals surface area contributed by atoms with Crippen LogP contribution in [0.1, 0.15) is 46.4 Å². The van der Waals surface area contributed by atoms with Crippen molar-refractivity contribution in [2.75, 3.05) is 0 Å². The summed E-state index contributed by atoms with van der Waals surface area (Å²) in [5.74, 6) is 1.82. The second-order valence-electron chi connectivity index (χ2n) is 4.78. The second kappa shape index (κ2) is 6.69. The third-order valence-electron chi connectivity index (χ3n) is 2.90. The normalized spacial score (nSPS) is 11.6. The van der Waals surface area contributed by atoms with Crippen LogP contribution >= 0.6 is 0 Å². The number of imidazole rings is 1. The lowest BCUT2D eigenvalue weighted by Gasteiger charge is -2.16. The predicted octanol–water partition coefficient (Wildman–Crippen LogP) is 2.82. The van der Waals surface area contributed by atoms with Gasteiger partial charge in [-0.1, -0.05) is 27.7 Å². The first kappa shape index (κ1) is 13.2. The number of hydrogen-bond acceptors (Lipinski definition) is 2. The maximum absolute atomic E-state index is 4.41. The molecule has 0 aliphatic carbocycles. The summed E-state index contributed by atoms with van der Waals surface area (Å²) in [6.45, 7) is 10.9. The fourth-order valence-corrected chi connectivity index (χ4v) is 1.88. The van der Waals surface area contributed by atoms with Gasteiger partial charge in [-0.15, -0.1) is 0 Å². The van der Waals surface area contributed by atoms with Gasteiger partial charge >= 0.3 is 0 Å². The molecule has 0 spiro atoms. The average molecular weight is 223 g/mol. The quantitative estimate of drug-likeness (QED) is 0.770. The molecule has 0 unspecified atom stereocenters. The molecular weight excluding hydrogens is 198 g/mol. The van der Waals surface area contributed by atoms with Crippen LogP contribution in [0.25, 0.3) is 0 Å². The standard InChI is InChI=1S/C13H25N3/c1-5-12(6-2)15-9-13-14-7-8-16(13)10-11(3)4/h7-8,11-12,15H,5-6,9-10H2,1-4H3. The lowest BCUT2D eigenvalue weighted by atomic mass is 10.2. The fourth-order valence-electron chi connectivity index (χ4n) is 1.88. The largest absolute Gasteiger partial charge is 0.334 e. The molecule has 1 N–H and O–H groups in total. The Morgan fingerprint density at radius 1 is 1.31 bits per heavy atom. The van der Waals surface area contributed by atoms with Gasteiger partial charge in [0.05, 0.1) is 6.54 Å². The molecule has 1 aromatic heterocycles. The van der Waals surface area contributed by atoms with E-state index in [1.807, 2.05) is 6.20 Å². The van der Waals surface area contributed by atoms with Crippen molar-refractivity contribution in [2.24, 2.45) is 5.92 Å². The van der Waals surface area contributed by atoms with Crippen LogP contribution in [0.3, 0.4) is 0 Å². The first-order valence-corrected chi connectivity index (χ1v) is 6.40. The summed E-state index contributed by atoms with van der Waals surface area (Å²) in [5, 5.41) is 3.55. The van der Waals surface area contributed by atoms with Crippen LogP contribution in [0.15, 0.2) is 12.4 Å². The van der Waals surface area contributed by atoms with Crippen molar-refractivity contribution >= 4 is 0 Å². The Morgan fingerprint density at radius 3 is 2.56 bits per heavy atom. The molecule has 16 heavy (non-hydrogen) atoms. The zero-order chi connectivity index (χ0) is 12.0. The molecule has 3 heteroatoms. The molecule has 0 aliphatic heterocycles. The van der Waals surface area contributed by atoms with Crippen LogP contribution in [0, 0.1) is 5.92 Å². The van der Waals surface area contributed by atoms with Crippen molar-refractivity contribution in [2.45, 2.75) is 59.7 Å². The van der Waals surface area contributed by atoms with Gasteiger partial charge in [0.15, 0.2) is 0 Å². The molecule has 0 saturated carbocycles. The summed E-state index contributed by atoms with van der Waals surface area (Å²) < 4.78 is 2.25. The Hall–Kier alpha value is -0.830. The van der Waals surface area contributed by atoms with Crippen molar-refractivity contribution in [3.8, 4) is 0 Å². The zero-order valence-corrected chi connectivity index (χ0v) is 11.0. The van der Waals surface area contributed by atoms with E-state index in [0.29, 0.717) is 12.0 Å². The van der Waals surface area contributed by atoms with Crippen LogP contribution in [-0.4, -0.2) is 15.6 Å². The maximum atomic E-state index is 4.41. The summed E-state index contributed by atoms with van der Waals surface area (Å²) in [4.78, 5) is 4.41. The topological polar surface area (TPSA) is 29.9 Å². The number of nitrogens with one attached hydrogen (secondary N) is 1. The zero-order valence-electron chi connectivity index (χ0n) is 11.0. The van der Waals surface area contributed by atoms with Crippen molar-refractivity contribution in [1.29, 1.82) is 0 Å². The fraction of sp³-hybridized carbons (Fsp3) is 0.769. The third-order valence-corrected chi connectivity index (χ3v) is 2.90. The highest BCUT2D eigenvalue weighted by molar-refractivity contribution is 4.92. The van der Waals surface area contributed by atoms with E-state index in [4.69, 9.17) is 0 Å². The first-order chi connectivity index (χ1) is 7.67. The minimum Gasteiger partial charge on any atom is -0.334 e. The highest BCUT2D eigenvalue weighted by Gasteiger charge is 2.07. The van der Waals surface area contributed by atoms with Gasteiger partial charge < -0.3 is 9.88 Å². The lowest BCUT2D eigenvalue weighted by Crippen LogP contribution is -2.28. The Morgan fingerprint density at radius 2 is 2.00 bits per heavy atom. The van der Waals surface area contributed by atoms with Crippen LogP contribution in [0.5, 0.6) is 0 Å². The molecule has 1 aromatic rings. The average Bonchev–Trinajstić information content (AvgIpc) is 2.66. The summed E-state index contributed by atoms with van der Waals surface area (Å²) in [5.41, 5.74) is 0. The molecule has 0 amide bonds. The minimum atomic E-state index is 0.615. The molecule has 0 atom stereocenters. The Bertz CT molecular complexity index is 287. The van der Waals surface area contributed by atoms with Crippen LogP contribution in [0.2, 0.25) is 0 Å².